The minimum Gasteiger partial charge on any atom is -0.203 e. The summed E-state index contributed by atoms with van der Waals surface area (Å²) in [5, 5.41) is 0. The van der Waals surface area contributed by atoms with E-state index in [1.165, 1.54) is 63.4 Å². The fourth-order valence-electron chi connectivity index (χ4n) is 4.84. The first-order valence-electron chi connectivity index (χ1n) is 13.8. The third kappa shape index (κ3) is 8.02. The van der Waals surface area contributed by atoms with E-state index in [0.717, 1.165) is 36.0 Å². The van der Waals surface area contributed by atoms with Crippen molar-refractivity contribution in [3.05, 3.63) is 83.4 Å². The van der Waals surface area contributed by atoms with Crippen molar-refractivity contribution in [2.24, 2.45) is 0 Å². The molecule has 0 N–H and O–H groups in total. The molecule has 0 unspecified atom stereocenters. The van der Waals surface area contributed by atoms with Crippen molar-refractivity contribution < 1.29 is 8.78 Å². The van der Waals surface area contributed by atoms with Crippen molar-refractivity contribution in [2.45, 2.75) is 97.3 Å². The minimum absolute atomic E-state index is 0.338. The van der Waals surface area contributed by atoms with Crippen LogP contribution in [-0.2, 0) is 12.8 Å². The van der Waals surface area contributed by atoms with Gasteiger partial charge in [-0.05, 0) is 53.5 Å². The maximum Gasteiger partial charge on any atom is 0.166 e. The highest BCUT2D eigenvalue weighted by Gasteiger charge is 2.17. The summed E-state index contributed by atoms with van der Waals surface area (Å²) in [4.78, 5) is 0. The Bertz CT molecular complexity index is 1020. The lowest BCUT2D eigenvalue weighted by Crippen LogP contribution is -1.99. The van der Waals surface area contributed by atoms with Crippen molar-refractivity contribution in [2.75, 3.05) is 0 Å². The topological polar surface area (TPSA) is 0 Å². The molecule has 0 aliphatic carbocycles. The van der Waals surface area contributed by atoms with E-state index in [1.54, 1.807) is 12.1 Å². The van der Waals surface area contributed by atoms with Gasteiger partial charge >= 0.3 is 0 Å². The Morgan fingerprint density at radius 3 is 1.74 bits per heavy atom. The fourth-order valence-corrected chi connectivity index (χ4v) is 4.84. The molecular formula is C33H42F2. The Labute approximate surface area is 211 Å². The highest BCUT2D eigenvalue weighted by Crippen LogP contribution is 2.35. The second-order valence-electron chi connectivity index (χ2n) is 9.82. The third-order valence-electron chi connectivity index (χ3n) is 7.01. The SMILES string of the molecule is CCCCCCCCCCc1ccc(-c2ccccc2-c2ccc(CCCCC)cc2)c(F)c1F. The molecule has 2 heteroatoms. The quantitative estimate of drug-likeness (QED) is 0.191. The Morgan fingerprint density at radius 1 is 0.486 bits per heavy atom. The van der Waals surface area contributed by atoms with Crippen LogP contribution < -0.4 is 0 Å². The van der Waals surface area contributed by atoms with Crippen LogP contribution in [0, 0.1) is 11.6 Å². The second kappa shape index (κ2) is 14.8. The van der Waals surface area contributed by atoms with E-state index < -0.39 is 11.6 Å². The van der Waals surface area contributed by atoms with Gasteiger partial charge in [-0.3, -0.25) is 0 Å². The van der Waals surface area contributed by atoms with E-state index in [1.807, 2.05) is 24.3 Å². The van der Waals surface area contributed by atoms with E-state index >= 15 is 8.78 Å². The average Bonchev–Trinajstić information content (AvgIpc) is 2.89. The van der Waals surface area contributed by atoms with Crippen molar-refractivity contribution >= 4 is 0 Å². The molecule has 0 aromatic heterocycles. The summed E-state index contributed by atoms with van der Waals surface area (Å²) in [6.45, 7) is 4.44. The minimum atomic E-state index is -0.731. The average molecular weight is 477 g/mol. The molecule has 0 spiro atoms. The van der Waals surface area contributed by atoms with Gasteiger partial charge in [0, 0.05) is 5.56 Å². The first kappa shape index (κ1) is 27.1. The molecule has 3 rings (SSSR count). The number of rotatable bonds is 15. The number of hydrogen-bond acceptors (Lipinski definition) is 0. The summed E-state index contributed by atoms with van der Waals surface area (Å²) >= 11 is 0. The first-order chi connectivity index (χ1) is 17.2. The zero-order valence-electron chi connectivity index (χ0n) is 21.7. The smallest absolute Gasteiger partial charge is 0.166 e. The molecule has 0 fully saturated rings. The Kier molecular flexibility index (Phi) is 11.5. The van der Waals surface area contributed by atoms with E-state index in [-0.39, 0.29) is 0 Å². The monoisotopic (exact) mass is 476 g/mol. The molecule has 3 aromatic rings. The zero-order chi connectivity index (χ0) is 24.9. The van der Waals surface area contributed by atoms with Gasteiger partial charge in [0.25, 0.3) is 0 Å². The number of unbranched alkanes of at least 4 members (excludes halogenated alkanes) is 9. The molecule has 188 valence electrons. The lowest BCUT2D eigenvalue weighted by Gasteiger charge is -2.14. The molecule has 0 saturated carbocycles. The highest BCUT2D eigenvalue weighted by atomic mass is 19.2. The molecule has 0 nitrogen and oxygen atoms in total. The maximum atomic E-state index is 15.3. The van der Waals surface area contributed by atoms with Crippen molar-refractivity contribution in [3.8, 4) is 22.3 Å². The maximum absolute atomic E-state index is 15.3. The molecular weight excluding hydrogens is 434 g/mol. The standard InChI is InChI=1S/C33H42F2/c1-3-5-7-8-9-10-11-13-17-28-24-25-31(33(35)32(28)34)30-19-15-14-18-29(30)27-22-20-26(21-23-27)16-12-6-4-2/h14-15,18-25H,3-13,16-17H2,1-2H3. The molecule has 0 amide bonds. The fraction of sp³-hybridized carbons (Fsp3) is 0.455. The van der Waals surface area contributed by atoms with Crippen molar-refractivity contribution in [3.63, 3.8) is 0 Å². The molecule has 0 atom stereocenters. The van der Waals surface area contributed by atoms with Gasteiger partial charge < -0.3 is 0 Å². The van der Waals surface area contributed by atoms with E-state index in [2.05, 4.69) is 38.1 Å². The van der Waals surface area contributed by atoms with Crippen molar-refractivity contribution in [1.82, 2.24) is 0 Å². The largest absolute Gasteiger partial charge is 0.203 e. The van der Waals surface area contributed by atoms with Gasteiger partial charge in [-0.2, -0.15) is 0 Å². The summed E-state index contributed by atoms with van der Waals surface area (Å²) in [6.07, 6.45) is 14.9. The summed E-state index contributed by atoms with van der Waals surface area (Å²) < 4.78 is 30.3. The van der Waals surface area contributed by atoms with Crippen molar-refractivity contribution in [1.29, 1.82) is 0 Å². The van der Waals surface area contributed by atoms with Crippen LogP contribution in [-0.4, -0.2) is 0 Å². The van der Waals surface area contributed by atoms with Crippen LogP contribution in [0.15, 0.2) is 60.7 Å². The summed E-state index contributed by atoms with van der Waals surface area (Å²) in [7, 11) is 0. The predicted octanol–water partition coefficient (Wildman–Crippen LogP) is 10.7. The molecule has 0 radical (unpaired) electrons. The summed E-state index contributed by atoms with van der Waals surface area (Å²) in [5.41, 5.74) is 4.85. The van der Waals surface area contributed by atoms with Crippen LogP contribution in [0.4, 0.5) is 8.78 Å². The normalized spacial score (nSPS) is 11.2. The number of aryl methyl sites for hydroxylation is 2. The Hall–Kier alpha value is -2.48. The van der Waals surface area contributed by atoms with Crippen LogP contribution in [0.2, 0.25) is 0 Å². The third-order valence-corrected chi connectivity index (χ3v) is 7.01. The number of halogens is 2. The molecule has 35 heavy (non-hydrogen) atoms. The molecule has 3 aromatic carbocycles. The molecule has 0 aliphatic rings. The van der Waals surface area contributed by atoms with Gasteiger partial charge in [-0.25, -0.2) is 8.78 Å². The molecule has 0 aliphatic heterocycles. The highest BCUT2D eigenvalue weighted by molar-refractivity contribution is 5.83. The molecule has 0 bridgehead atoms. The Morgan fingerprint density at radius 2 is 1.06 bits per heavy atom. The summed E-state index contributed by atoms with van der Waals surface area (Å²) in [5.74, 6) is -1.42. The van der Waals surface area contributed by atoms with Crippen LogP contribution in [0.5, 0.6) is 0 Å². The first-order valence-corrected chi connectivity index (χ1v) is 13.8. The molecule has 0 saturated heterocycles. The van der Waals surface area contributed by atoms with E-state index in [0.29, 0.717) is 17.5 Å². The number of benzene rings is 3. The summed E-state index contributed by atoms with van der Waals surface area (Å²) in [6, 6.07) is 19.8. The van der Waals surface area contributed by atoms with Crippen LogP contribution >= 0.6 is 0 Å². The lowest BCUT2D eigenvalue weighted by atomic mass is 9.92. The molecule has 0 heterocycles. The Balaban J connectivity index is 1.68. The van der Waals surface area contributed by atoms with Crippen LogP contribution in [0.25, 0.3) is 22.3 Å². The number of hydrogen-bond donors (Lipinski definition) is 0. The van der Waals surface area contributed by atoms with Crippen LogP contribution in [0.1, 0.15) is 95.6 Å². The zero-order valence-corrected chi connectivity index (χ0v) is 21.7. The van der Waals surface area contributed by atoms with Gasteiger partial charge in [0.1, 0.15) is 0 Å². The van der Waals surface area contributed by atoms with Gasteiger partial charge in [-0.1, -0.05) is 132 Å². The lowest BCUT2D eigenvalue weighted by molar-refractivity contribution is 0.497. The van der Waals surface area contributed by atoms with E-state index in [4.69, 9.17) is 0 Å². The van der Waals surface area contributed by atoms with Gasteiger partial charge in [-0.15, -0.1) is 0 Å². The van der Waals surface area contributed by atoms with Gasteiger partial charge in [0.05, 0.1) is 0 Å². The van der Waals surface area contributed by atoms with Crippen LogP contribution in [0.3, 0.4) is 0 Å². The predicted molar refractivity (Wildman–Crippen MR) is 147 cm³/mol. The van der Waals surface area contributed by atoms with Gasteiger partial charge in [0.15, 0.2) is 11.6 Å². The van der Waals surface area contributed by atoms with E-state index in [9.17, 15) is 0 Å². The second-order valence-corrected chi connectivity index (χ2v) is 9.82. The van der Waals surface area contributed by atoms with Gasteiger partial charge in [0.2, 0.25) is 0 Å².